The Hall–Kier alpha value is -1.64. The lowest BCUT2D eigenvalue weighted by atomic mass is 9.80. The van der Waals surface area contributed by atoms with Gasteiger partial charge in [-0.05, 0) is 50.2 Å². The maximum atomic E-state index is 13.0. The van der Waals surface area contributed by atoms with Crippen LogP contribution in [0.4, 0.5) is 5.69 Å². The number of Topliss-reactive ketones (excluding diaryl/α,β-unsaturated/α-hetero) is 1. The first kappa shape index (κ1) is 21.1. The number of carbonyl (C=O) groups is 2. The van der Waals surface area contributed by atoms with Crippen molar-refractivity contribution >= 4 is 17.4 Å². The number of carbonyl (C=O) groups excluding carboxylic acids is 2. The van der Waals surface area contributed by atoms with Gasteiger partial charge in [0.05, 0.1) is 0 Å². The number of para-hydroxylation sites is 1. The van der Waals surface area contributed by atoms with Gasteiger partial charge in [0.2, 0.25) is 5.91 Å². The molecule has 1 unspecified atom stereocenters. The zero-order valence-electron chi connectivity index (χ0n) is 17.8. The van der Waals surface area contributed by atoms with Crippen LogP contribution in [0, 0.1) is 17.8 Å². The number of ketones is 1. The van der Waals surface area contributed by atoms with E-state index in [0.29, 0.717) is 5.78 Å². The SMILES string of the molecule is CC(CCc1ccccc1N(C)C(=O)C1CCCCC1)C(=O)C1CCCCC1. The first-order valence-electron chi connectivity index (χ1n) is 11.5. The van der Waals surface area contributed by atoms with Crippen molar-refractivity contribution in [2.75, 3.05) is 11.9 Å². The Kier molecular flexibility index (Phi) is 7.70. The number of hydrogen-bond donors (Lipinski definition) is 0. The second-order valence-corrected chi connectivity index (χ2v) is 9.04. The van der Waals surface area contributed by atoms with E-state index in [1.54, 1.807) is 0 Å². The molecule has 2 aliphatic rings. The van der Waals surface area contributed by atoms with Crippen molar-refractivity contribution in [3.05, 3.63) is 29.8 Å². The maximum absolute atomic E-state index is 13.0. The third-order valence-corrected chi connectivity index (χ3v) is 6.98. The first-order chi connectivity index (χ1) is 13.6. The fourth-order valence-corrected chi connectivity index (χ4v) is 5.10. The van der Waals surface area contributed by atoms with Crippen molar-refractivity contribution in [3.63, 3.8) is 0 Å². The smallest absolute Gasteiger partial charge is 0.229 e. The van der Waals surface area contributed by atoms with Crippen LogP contribution >= 0.6 is 0 Å². The number of hydrogen-bond acceptors (Lipinski definition) is 2. The highest BCUT2D eigenvalue weighted by molar-refractivity contribution is 5.95. The Morgan fingerprint density at radius 3 is 2.14 bits per heavy atom. The lowest BCUT2D eigenvalue weighted by Gasteiger charge is -2.28. The second kappa shape index (κ2) is 10.2. The van der Waals surface area contributed by atoms with Crippen LogP contribution in [0.1, 0.15) is 83.1 Å². The van der Waals surface area contributed by atoms with E-state index in [1.165, 1.54) is 44.1 Å². The Balaban J connectivity index is 1.61. The molecule has 0 bridgehead atoms. The van der Waals surface area contributed by atoms with Gasteiger partial charge < -0.3 is 4.90 Å². The Labute approximate surface area is 170 Å². The van der Waals surface area contributed by atoms with Crippen LogP contribution in [0.3, 0.4) is 0 Å². The fraction of sp³-hybridized carbons (Fsp3) is 0.680. The molecule has 0 radical (unpaired) electrons. The lowest BCUT2D eigenvalue weighted by molar-refractivity contribution is -0.127. The molecule has 0 saturated heterocycles. The largest absolute Gasteiger partial charge is 0.315 e. The Bertz CT molecular complexity index is 656. The van der Waals surface area contributed by atoms with Crippen LogP contribution in [-0.4, -0.2) is 18.7 Å². The van der Waals surface area contributed by atoms with Crippen LogP contribution in [0.25, 0.3) is 0 Å². The molecule has 3 heteroatoms. The molecule has 0 N–H and O–H groups in total. The summed E-state index contributed by atoms with van der Waals surface area (Å²) in [7, 11) is 1.92. The average molecular weight is 384 g/mol. The van der Waals surface area contributed by atoms with E-state index in [4.69, 9.17) is 0 Å². The standard InChI is InChI=1S/C25H37NO2/c1-19(24(27)21-12-5-3-6-13-21)17-18-20-11-9-10-16-23(20)26(2)25(28)22-14-7-4-8-15-22/h9-11,16,19,21-22H,3-8,12-15,17-18H2,1-2H3. The van der Waals surface area contributed by atoms with Crippen LogP contribution in [-0.2, 0) is 16.0 Å². The van der Waals surface area contributed by atoms with Gasteiger partial charge >= 0.3 is 0 Å². The zero-order valence-corrected chi connectivity index (χ0v) is 17.8. The zero-order chi connectivity index (χ0) is 19.9. The van der Waals surface area contributed by atoms with Gasteiger partial charge in [-0.3, -0.25) is 9.59 Å². The molecule has 0 aromatic heterocycles. The van der Waals surface area contributed by atoms with Crippen molar-refractivity contribution in [3.8, 4) is 0 Å². The molecule has 2 aliphatic carbocycles. The predicted octanol–water partition coefficient (Wildman–Crippen LogP) is 5.95. The molecule has 3 rings (SSSR count). The molecular formula is C25H37NO2. The second-order valence-electron chi connectivity index (χ2n) is 9.04. The summed E-state index contributed by atoms with van der Waals surface area (Å²) in [5.74, 6) is 1.30. The Morgan fingerprint density at radius 2 is 1.50 bits per heavy atom. The number of aryl methyl sites for hydroxylation is 1. The van der Waals surface area contributed by atoms with Gasteiger partial charge in [-0.25, -0.2) is 0 Å². The number of amides is 1. The highest BCUT2D eigenvalue weighted by Gasteiger charge is 2.27. The highest BCUT2D eigenvalue weighted by Crippen LogP contribution is 2.31. The fourth-order valence-electron chi connectivity index (χ4n) is 5.10. The quantitative estimate of drug-likeness (QED) is 0.583. The van der Waals surface area contributed by atoms with Crippen molar-refractivity contribution in [1.29, 1.82) is 0 Å². The van der Waals surface area contributed by atoms with Crippen LogP contribution in [0.5, 0.6) is 0 Å². The number of anilines is 1. The molecule has 0 aliphatic heterocycles. The van der Waals surface area contributed by atoms with E-state index in [2.05, 4.69) is 19.1 Å². The summed E-state index contributed by atoms with van der Waals surface area (Å²) in [5, 5.41) is 0. The molecule has 28 heavy (non-hydrogen) atoms. The van der Waals surface area contributed by atoms with E-state index in [1.807, 2.05) is 24.1 Å². The molecule has 1 aromatic rings. The third-order valence-electron chi connectivity index (χ3n) is 6.98. The van der Waals surface area contributed by atoms with Gasteiger partial charge in [-0.1, -0.05) is 63.6 Å². The average Bonchev–Trinajstić information content (AvgIpc) is 2.77. The molecule has 2 saturated carbocycles. The maximum Gasteiger partial charge on any atom is 0.229 e. The molecule has 2 fully saturated rings. The summed E-state index contributed by atoms with van der Waals surface area (Å²) in [6.45, 7) is 2.09. The van der Waals surface area contributed by atoms with Gasteiger partial charge in [-0.15, -0.1) is 0 Å². The van der Waals surface area contributed by atoms with Crippen LogP contribution < -0.4 is 4.90 Å². The first-order valence-corrected chi connectivity index (χ1v) is 11.5. The van der Waals surface area contributed by atoms with Crippen molar-refractivity contribution in [2.45, 2.75) is 84.0 Å². The third kappa shape index (κ3) is 5.24. The van der Waals surface area contributed by atoms with Gasteiger partial charge in [0.25, 0.3) is 0 Å². The summed E-state index contributed by atoms with van der Waals surface area (Å²) in [4.78, 5) is 27.6. The summed E-state index contributed by atoms with van der Waals surface area (Å²) in [6, 6.07) is 8.24. The van der Waals surface area contributed by atoms with Gasteiger partial charge in [0, 0.05) is 30.5 Å². The number of nitrogens with zero attached hydrogens (tertiary/aromatic N) is 1. The monoisotopic (exact) mass is 383 g/mol. The van der Waals surface area contributed by atoms with E-state index in [9.17, 15) is 9.59 Å². The summed E-state index contributed by atoms with van der Waals surface area (Å²) in [5.41, 5.74) is 2.22. The molecule has 0 spiro atoms. The minimum Gasteiger partial charge on any atom is -0.315 e. The molecule has 1 aromatic carbocycles. The summed E-state index contributed by atoms with van der Waals surface area (Å²) < 4.78 is 0. The normalized spacial score (nSPS) is 19.9. The molecule has 1 atom stereocenters. The van der Waals surface area contributed by atoms with Gasteiger partial charge in [0.15, 0.2) is 0 Å². The minimum absolute atomic E-state index is 0.107. The van der Waals surface area contributed by atoms with Gasteiger partial charge in [-0.2, -0.15) is 0 Å². The molecular weight excluding hydrogens is 346 g/mol. The Morgan fingerprint density at radius 1 is 0.929 bits per heavy atom. The van der Waals surface area contributed by atoms with Crippen LogP contribution in [0.2, 0.25) is 0 Å². The van der Waals surface area contributed by atoms with Gasteiger partial charge in [0.1, 0.15) is 5.78 Å². The van der Waals surface area contributed by atoms with Crippen molar-refractivity contribution in [1.82, 2.24) is 0 Å². The van der Waals surface area contributed by atoms with E-state index in [-0.39, 0.29) is 23.7 Å². The van der Waals surface area contributed by atoms with Crippen LogP contribution in [0.15, 0.2) is 24.3 Å². The number of rotatable bonds is 7. The highest BCUT2D eigenvalue weighted by atomic mass is 16.2. The molecule has 154 valence electrons. The minimum atomic E-state index is 0.107. The summed E-state index contributed by atoms with van der Waals surface area (Å²) >= 11 is 0. The van der Waals surface area contributed by atoms with Crippen molar-refractivity contribution in [2.24, 2.45) is 17.8 Å². The predicted molar refractivity (Wildman–Crippen MR) is 115 cm³/mol. The molecule has 0 heterocycles. The number of benzene rings is 1. The van der Waals surface area contributed by atoms with E-state index in [0.717, 1.165) is 44.2 Å². The van der Waals surface area contributed by atoms with E-state index >= 15 is 0 Å². The summed E-state index contributed by atoms with van der Waals surface area (Å²) in [6.07, 6.45) is 13.3. The molecule has 3 nitrogen and oxygen atoms in total. The lowest BCUT2D eigenvalue weighted by Crippen LogP contribution is -2.34. The molecule has 1 amide bonds. The van der Waals surface area contributed by atoms with E-state index < -0.39 is 0 Å². The topological polar surface area (TPSA) is 37.4 Å². The van der Waals surface area contributed by atoms with Crippen molar-refractivity contribution < 1.29 is 9.59 Å².